The van der Waals surface area contributed by atoms with Crippen LogP contribution in [0.5, 0.6) is 0 Å². The van der Waals surface area contributed by atoms with Gasteiger partial charge in [-0.1, -0.05) is 164 Å². The molecule has 4 fully saturated rings. The fourth-order valence-electron chi connectivity index (χ4n) is 8.88. The van der Waals surface area contributed by atoms with Gasteiger partial charge in [0.05, 0.1) is 16.1 Å². The first kappa shape index (κ1) is 59.8. The van der Waals surface area contributed by atoms with Crippen molar-refractivity contribution < 1.29 is 67.7 Å². The van der Waals surface area contributed by atoms with Crippen molar-refractivity contribution in [2.45, 2.75) is 176 Å². The van der Waals surface area contributed by atoms with E-state index >= 15 is 0 Å². The van der Waals surface area contributed by atoms with Gasteiger partial charge < -0.3 is 19.3 Å². The minimum atomic E-state index is -1.65. The van der Waals surface area contributed by atoms with Crippen LogP contribution in [0.25, 0.3) is 0 Å². The van der Waals surface area contributed by atoms with Crippen LogP contribution in [0.2, 0.25) is 26.2 Å². The van der Waals surface area contributed by atoms with E-state index in [1.54, 1.807) is 22.2 Å². The van der Waals surface area contributed by atoms with E-state index in [2.05, 4.69) is 165 Å². The summed E-state index contributed by atoms with van der Waals surface area (Å²) in [5, 5.41) is 0. The van der Waals surface area contributed by atoms with E-state index in [0.29, 0.717) is 0 Å². The Morgan fingerprint density at radius 2 is 0.396 bits per heavy atom. The van der Waals surface area contributed by atoms with Crippen LogP contribution >= 0.6 is 0 Å². The largest absolute Gasteiger partial charge is 4.00 e. The Hall–Kier alpha value is 2.50. The van der Waals surface area contributed by atoms with Crippen molar-refractivity contribution in [3.8, 4) is 0 Å². The number of unbranched alkanes of at least 4 members (excludes halogenated alkanes) is 2. The molecule has 20 radical (unpaired) electrons. The average molecular weight is 1200 g/mol. The average Bonchev–Trinajstić information content (AvgIpc) is 3.57. The van der Waals surface area contributed by atoms with Gasteiger partial charge in [-0.05, 0) is 117 Å². The first-order chi connectivity index (χ1) is 22.9. The van der Waals surface area contributed by atoms with E-state index in [1.165, 1.54) is 108 Å². The first-order valence-corrected chi connectivity index (χ1v) is 25.4. The zero-order valence-electron chi connectivity index (χ0n) is 38.7. The normalized spacial score (nSPS) is 24.5. The van der Waals surface area contributed by atoms with Crippen molar-refractivity contribution in [1.82, 2.24) is 0 Å². The third kappa shape index (κ3) is 12.8. The van der Waals surface area contributed by atoms with Gasteiger partial charge in [-0.15, -0.1) is 0 Å². The van der Waals surface area contributed by atoms with Gasteiger partial charge in [-0.25, -0.2) is 0 Å². The molecule has 4 saturated carbocycles. The quantitative estimate of drug-likeness (QED) is 0.187. The van der Waals surface area contributed by atoms with Crippen molar-refractivity contribution in [1.29, 1.82) is 0 Å². The van der Waals surface area contributed by atoms with E-state index in [9.17, 15) is 0 Å². The molecule has 0 heterocycles. The van der Waals surface area contributed by atoms with Crippen LogP contribution in [0.1, 0.15) is 150 Å². The van der Waals surface area contributed by atoms with E-state index in [0.717, 1.165) is 12.8 Å². The molecule has 0 spiro atoms. The van der Waals surface area contributed by atoms with Gasteiger partial charge in [-0.2, -0.15) is 12.8 Å². The molecule has 0 saturated heterocycles. The molecule has 0 amide bonds. The predicted molar refractivity (Wildman–Crippen MR) is 232 cm³/mol. The van der Waals surface area contributed by atoms with E-state index < -0.39 is 16.1 Å². The van der Waals surface area contributed by atoms with Crippen LogP contribution in [0.4, 0.5) is 0 Å². The summed E-state index contributed by atoms with van der Waals surface area (Å²) in [5.41, 5.74) is 6.70. The summed E-state index contributed by atoms with van der Waals surface area (Å²) in [4.78, 5) is 0. The van der Waals surface area contributed by atoms with Crippen LogP contribution < -0.4 is 0 Å². The summed E-state index contributed by atoms with van der Waals surface area (Å²) in [6.45, 7) is 58.5. The smallest absolute Gasteiger partial charge is 2.00 e. The summed E-state index contributed by atoms with van der Waals surface area (Å²) in [7, 11) is -3.31. The Balaban J connectivity index is -0.000000749. The third-order valence-corrected chi connectivity index (χ3v) is 21.0. The molecule has 4 rings (SSSR count). The van der Waals surface area contributed by atoms with Crippen molar-refractivity contribution in [3.05, 3.63) is 131 Å². The summed E-state index contributed by atoms with van der Waals surface area (Å²) in [6, 6.07) is 0. The Bertz CT molecular complexity index is 769. The number of rotatable bonds is 6. The molecule has 53 heavy (non-hydrogen) atoms. The van der Waals surface area contributed by atoms with Gasteiger partial charge in [-0.3, -0.25) is 0 Å². The molecule has 0 N–H and O–H groups in total. The zero-order chi connectivity index (χ0) is 39.4. The molecule has 0 unspecified atom stereocenters. The predicted octanol–water partition coefficient (Wildman–Crippen LogP) is 14.5. The molecule has 5 heteroatoms. The Morgan fingerprint density at radius 3 is 0.472 bits per heavy atom. The van der Waals surface area contributed by atoms with Crippen LogP contribution in [0, 0.1) is 193 Å². The summed E-state index contributed by atoms with van der Waals surface area (Å²) < 4.78 is 0. The summed E-state index contributed by atoms with van der Waals surface area (Å²) in [5.74, 6) is 24.3. The van der Waals surface area contributed by atoms with Crippen LogP contribution in [0.15, 0.2) is 0 Å². The van der Waals surface area contributed by atoms with Gasteiger partial charge in [0.25, 0.3) is 0 Å². The summed E-state index contributed by atoms with van der Waals surface area (Å²) in [6.07, 6.45) is 4.56. The standard InChI is InChI=1S/2C20H30Si.2C4H9.O.2U/c2*1-11-12(2)16(6)19(15(11)5)21(9,10)20-17(7)13(3)14(4)18(20)8;2*1-3-4-2;;;/h2*1-10H3;2*1,3-4H2,2H3;;;/q;;2*-1;-2;2*+4. The Kier molecular flexibility index (Phi) is 28.6. The maximum absolute atomic E-state index is 3.60. The molecule has 0 atom stereocenters. The van der Waals surface area contributed by atoms with Gasteiger partial charge >= 0.3 is 62.2 Å². The molecule has 4 aliphatic rings. The monoisotopic (exact) mass is 1200 g/mol. The fraction of sp³-hybridized carbons (Fsp3) is 0.542. The van der Waals surface area contributed by atoms with Crippen molar-refractivity contribution >= 4 is 16.1 Å². The second-order valence-corrected chi connectivity index (χ2v) is 25.0. The van der Waals surface area contributed by atoms with Gasteiger partial charge in [0.15, 0.2) is 0 Å². The van der Waals surface area contributed by atoms with E-state index in [-0.39, 0.29) is 67.7 Å². The van der Waals surface area contributed by atoms with E-state index in [4.69, 9.17) is 0 Å². The van der Waals surface area contributed by atoms with Gasteiger partial charge in [0.1, 0.15) is 0 Å². The topological polar surface area (TPSA) is 28.5 Å². The molecule has 0 aromatic carbocycles. The number of hydrogen-bond acceptors (Lipinski definition) is 0. The molecule has 0 aliphatic heterocycles. The van der Waals surface area contributed by atoms with Crippen LogP contribution in [0.3, 0.4) is 0 Å². The Labute approximate surface area is 387 Å². The molecule has 1 nitrogen and oxygen atoms in total. The SMILES string of the molecule is C[C]1[C](C)[C](C)[C]([Si](C)(C)[C]2[C](C)[C](C)[C](C)[C]2C)[C]1C.C[C]1[C](C)[C](C)[C]([Si](C)(C)[C]2[C](C)[C](C)[C](C)[C]2C)[C]1C.[CH2-]CCC.[CH2-]CCC.[O-2].[U+4].[U+4]. The van der Waals surface area contributed by atoms with Crippen LogP contribution in [-0.4, -0.2) is 16.1 Å². The molecule has 4 aliphatic carbocycles. The first-order valence-electron chi connectivity index (χ1n) is 19.4. The van der Waals surface area contributed by atoms with Gasteiger partial charge in [0, 0.05) is 0 Å². The zero-order valence-corrected chi connectivity index (χ0v) is 49.0. The minimum Gasteiger partial charge on any atom is -2.00 e. The molecule has 0 aromatic rings. The van der Waals surface area contributed by atoms with E-state index in [1.807, 2.05) is 0 Å². The minimum absolute atomic E-state index is 0. The fourth-order valence-corrected chi connectivity index (χ4v) is 18.4. The molecule has 0 bridgehead atoms. The van der Waals surface area contributed by atoms with Crippen molar-refractivity contribution in [2.75, 3.05) is 0 Å². The van der Waals surface area contributed by atoms with Crippen molar-refractivity contribution in [2.24, 2.45) is 0 Å². The van der Waals surface area contributed by atoms with Crippen LogP contribution in [-0.2, 0) is 5.48 Å². The Morgan fingerprint density at radius 1 is 0.302 bits per heavy atom. The molecular weight excluding hydrogens is 1120 g/mol. The number of hydrogen-bond donors (Lipinski definition) is 0. The second-order valence-electron chi connectivity index (χ2n) is 16.5. The maximum atomic E-state index is 3.60. The van der Waals surface area contributed by atoms with Crippen molar-refractivity contribution in [3.63, 3.8) is 0 Å². The molecule has 0 aromatic heterocycles. The summed E-state index contributed by atoms with van der Waals surface area (Å²) >= 11 is 0. The molecular formula is C48H78OSi2U2+4. The second kappa shape index (κ2) is 25.3. The van der Waals surface area contributed by atoms with Gasteiger partial charge in [0.2, 0.25) is 0 Å². The maximum Gasteiger partial charge on any atom is 4.00 e. The third-order valence-electron chi connectivity index (χ3n) is 13.0. The molecule has 288 valence electrons.